The van der Waals surface area contributed by atoms with Crippen LogP contribution in [0.15, 0.2) is 29.3 Å². The highest BCUT2D eigenvalue weighted by Gasteiger charge is 2.25. The molecule has 3 aromatic rings. The van der Waals surface area contributed by atoms with E-state index in [1.165, 1.54) is 11.8 Å². The van der Waals surface area contributed by atoms with Gasteiger partial charge in [0.25, 0.3) is 0 Å². The standard InChI is InChI=1S/C20H21N3O3S/c1-5-26-20(25)18-12(3)21-11(2)17(18)16(24)10-27-19-14-8-6-7-9-15(14)22-13(4)23-19/h6-9,21H,5,10H2,1-4H3. The molecule has 2 aromatic heterocycles. The SMILES string of the molecule is CCOC(=O)c1c(C)[nH]c(C)c1C(=O)CSc1nc(C)nc2ccccc12. The molecule has 0 saturated carbocycles. The minimum atomic E-state index is -0.476. The molecule has 0 radical (unpaired) electrons. The Morgan fingerprint density at radius 3 is 2.52 bits per heavy atom. The Morgan fingerprint density at radius 1 is 1.07 bits per heavy atom. The lowest BCUT2D eigenvalue weighted by Crippen LogP contribution is -2.13. The van der Waals surface area contributed by atoms with Crippen molar-refractivity contribution < 1.29 is 14.3 Å². The number of esters is 1. The number of nitrogens with one attached hydrogen (secondary N) is 1. The van der Waals surface area contributed by atoms with Crippen LogP contribution in [0.1, 0.15) is 44.9 Å². The fourth-order valence-electron chi connectivity index (χ4n) is 3.06. The predicted molar refractivity (Wildman–Crippen MR) is 106 cm³/mol. The lowest BCUT2D eigenvalue weighted by molar-refractivity contribution is 0.0522. The number of benzene rings is 1. The smallest absolute Gasteiger partial charge is 0.340 e. The number of Topliss-reactive ketones (excluding diaryl/α,β-unsaturated/α-hetero) is 1. The number of hydrogen-bond donors (Lipinski definition) is 1. The predicted octanol–water partition coefficient (Wildman–Crippen LogP) is 4.03. The third-order valence-corrected chi connectivity index (χ3v) is 5.14. The van der Waals surface area contributed by atoms with Gasteiger partial charge >= 0.3 is 5.97 Å². The molecule has 0 aliphatic rings. The number of para-hydroxylation sites is 1. The second kappa shape index (κ2) is 7.92. The Kier molecular flexibility index (Phi) is 5.60. The third-order valence-electron chi connectivity index (χ3n) is 4.15. The Bertz CT molecular complexity index is 1030. The number of nitrogens with zero attached hydrogens (tertiary/aromatic N) is 2. The third kappa shape index (κ3) is 3.88. The molecule has 0 spiro atoms. The van der Waals surface area contributed by atoms with Gasteiger partial charge in [-0.05, 0) is 33.8 Å². The first-order chi connectivity index (χ1) is 12.9. The zero-order valence-electron chi connectivity index (χ0n) is 15.8. The van der Waals surface area contributed by atoms with Crippen LogP contribution >= 0.6 is 11.8 Å². The molecule has 2 heterocycles. The maximum absolute atomic E-state index is 12.9. The molecule has 1 aromatic carbocycles. The van der Waals surface area contributed by atoms with Crippen molar-refractivity contribution in [1.82, 2.24) is 15.0 Å². The van der Waals surface area contributed by atoms with Crippen LogP contribution in [0.5, 0.6) is 0 Å². The summed E-state index contributed by atoms with van der Waals surface area (Å²) < 4.78 is 5.11. The highest BCUT2D eigenvalue weighted by molar-refractivity contribution is 8.00. The van der Waals surface area contributed by atoms with E-state index in [-0.39, 0.29) is 18.1 Å². The van der Waals surface area contributed by atoms with Crippen LogP contribution in [0.25, 0.3) is 10.9 Å². The highest BCUT2D eigenvalue weighted by atomic mass is 32.2. The van der Waals surface area contributed by atoms with Crippen molar-refractivity contribution in [3.05, 3.63) is 52.6 Å². The highest BCUT2D eigenvalue weighted by Crippen LogP contribution is 2.28. The minimum Gasteiger partial charge on any atom is -0.462 e. The maximum Gasteiger partial charge on any atom is 0.340 e. The quantitative estimate of drug-likeness (QED) is 0.299. The van der Waals surface area contributed by atoms with Gasteiger partial charge < -0.3 is 9.72 Å². The summed E-state index contributed by atoms with van der Waals surface area (Å²) in [6, 6.07) is 7.71. The Morgan fingerprint density at radius 2 is 1.78 bits per heavy atom. The van der Waals surface area contributed by atoms with Crippen LogP contribution in [-0.2, 0) is 4.74 Å². The summed E-state index contributed by atoms with van der Waals surface area (Å²) in [7, 11) is 0. The van der Waals surface area contributed by atoms with Gasteiger partial charge in [-0.1, -0.05) is 30.0 Å². The molecule has 0 fully saturated rings. The van der Waals surface area contributed by atoms with E-state index in [0.29, 0.717) is 28.3 Å². The van der Waals surface area contributed by atoms with Gasteiger partial charge in [0, 0.05) is 16.8 Å². The van der Waals surface area contributed by atoms with Crippen LogP contribution in [0.2, 0.25) is 0 Å². The summed E-state index contributed by atoms with van der Waals surface area (Å²) in [6.45, 7) is 7.39. The van der Waals surface area contributed by atoms with Gasteiger partial charge in [-0.3, -0.25) is 4.79 Å². The number of rotatable bonds is 6. The number of thioether (sulfide) groups is 1. The zero-order chi connectivity index (χ0) is 19.6. The first-order valence-corrected chi connectivity index (χ1v) is 9.66. The molecule has 6 nitrogen and oxygen atoms in total. The fraction of sp³-hybridized carbons (Fsp3) is 0.300. The van der Waals surface area contributed by atoms with Crippen LogP contribution in [0, 0.1) is 20.8 Å². The van der Waals surface area contributed by atoms with Gasteiger partial charge in [0.1, 0.15) is 10.9 Å². The number of aryl methyl sites for hydroxylation is 3. The summed E-state index contributed by atoms with van der Waals surface area (Å²) in [6.07, 6.45) is 0. The average Bonchev–Trinajstić information content (AvgIpc) is 2.93. The number of ketones is 1. The molecule has 0 aliphatic carbocycles. The van der Waals surface area contributed by atoms with Gasteiger partial charge in [0.05, 0.1) is 29.0 Å². The lowest BCUT2D eigenvalue weighted by atomic mass is 10.1. The maximum atomic E-state index is 12.9. The van der Waals surface area contributed by atoms with Crippen LogP contribution in [-0.4, -0.2) is 39.1 Å². The summed E-state index contributed by atoms with van der Waals surface area (Å²) >= 11 is 1.35. The van der Waals surface area contributed by atoms with Crippen molar-refractivity contribution >= 4 is 34.4 Å². The van der Waals surface area contributed by atoms with Crippen molar-refractivity contribution in [3.8, 4) is 0 Å². The molecular weight excluding hydrogens is 362 g/mol. The number of aromatic amines is 1. The average molecular weight is 383 g/mol. The normalized spacial score (nSPS) is 11.0. The van der Waals surface area contributed by atoms with E-state index >= 15 is 0 Å². The number of hydrogen-bond acceptors (Lipinski definition) is 6. The largest absolute Gasteiger partial charge is 0.462 e. The first-order valence-electron chi connectivity index (χ1n) is 8.68. The summed E-state index contributed by atoms with van der Waals surface area (Å²) in [5.74, 6) is 0.219. The Balaban J connectivity index is 1.89. The summed E-state index contributed by atoms with van der Waals surface area (Å²) in [5.41, 5.74) is 2.88. The fourth-order valence-corrected chi connectivity index (χ4v) is 4.00. The van der Waals surface area contributed by atoms with Gasteiger partial charge in [-0.2, -0.15) is 0 Å². The van der Waals surface area contributed by atoms with E-state index in [1.54, 1.807) is 20.8 Å². The van der Waals surface area contributed by atoms with Crippen molar-refractivity contribution in [2.24, 2.45) is 0 Å². The summed E-state index contributed by atoms with van der Waals surface area (Å²) in [5, 5.41) is 1.67. The molecule has 0 bridgehead atoms. The van der Waals surface area contributed by atoms with Crippen molar-refractivity contribution in [1.29, 1.82) is 0 Å². The molecule has 0 saturated heterocycles. The Hall–Kier alpha value is -2.67. The van der Waals surface area contributed by atoms with E-state index in [0.717, 1.165) is 15.9 Å². The van der Waals surface area contributed by atoms with Crippen molar-refractivity contribution in [2.75, 3.05) is 12.4 Å². The molecule has 0 unspecified atom stereocenters. The first kappa shape index (κ1) is 19.1. The van der Waals surface area contributed by atoms with E-state index in [9.17, 15) is 9.59 Å². The van der Waals surface area contributed by atoms with Crippen LogP contribution in [0.3, 0.4) is 0 Å². The zero-order valence-corrected chi connectivity index (χ0v) is 16.6. The topological polar surface area (TPSA) is 84.9 Å². The van der Waals surface area contributed by atoms with Crippen molar-refractivity contribution in [3.63, 3.8) is 0 Å². The van der Waals surface area contributed by atoms with Gasteiger partial charge in [-0.25, -0.2) is 14.8 Å². The molecule has 7 heteroatoms. The summed E-state index contributed by atoms with van der Waals surface area (Å²) in [4.78, 5) is 37.2. The molecule has 0 amide bonds. The molecule has 140 valence electrons. The Labute approximate surface area is 161 Å². The second-order valence-corrected chi connectivity index (χ2v) is 7.11. The molecule has 3 rings (SSSR count). The van der Waals surface area contributed by atoms with Gasteiger partial charge in [0.15, 0.2) is 5.78 Å². The lowest BCUT2D eigenvalue weighted by Gasteiger charge is -2.08. The number of ether oxygens (including phenoxy) is 1. The molecule has 27 heavy (non-hydrogen) atoms. The second-order valence-electron chi connectivity index (χ2n) is 6.15. The number of aromatic nitrogens is 3. The van der Waals surface area contributed by atoms with Crippen molar-refractivity contribution in [2.45, 2.75) is 32.7 Å². The number of carbonyl (C=O) groups excluding carboxylic acids is 2. The molecule has 0 aliphatic heterocycles. The van der Waals surface area contributed by atoms with Gasteiger partial charge in [-0.15, -0.1) is 0 Å². The van der Waals surface area contributed by atoms with Crippen LogP contribution < -0.4 is 0 Å². The van der Waals surface area contributed by atoms with Gasteiger partial charge in [0.2, 0.25) is 0 Å². The van der Waals surface area contributed by atoms with E-state index in [1.807, 2.05) is 31.2 Å². The molecule has 0 atom stereocenters. The number of H-pyrrole nitrogens is 1. The van der Waals surface area contributed by atoms with E-state index in [4.69, 9.17) is 4.74 Å². The number of fused-ring (bicyclic) bond motifs is 1. The number of carbonyl (C=O) groups is 2. The minimum absolute atomic E-state index is 0.134. The van der Waals surface area contributed by atoms with E-state index < -0.39 is 5.97 Å². The molecule has 1 N–H and O–H groups in total. The van der Waals surface area contributed by atoms with E-state index in [2.05, 4.69) is 15.0 Å². The monoisotopic (exact) mass is 383 g/mol. The van der Waals surface area contributed by atoms with Crippen LogP contribution in [0.4, 0.5) is 0 Å². The molecular formula is C20H21N3O3S.